The fraction of sp³-hybridized carbons (Fsp3) is 0.333. The van der Waals surface area contributed by atoms with Gasteiger partial charge in [0, 0.05) is 0 Å². The van der Waals surface area contributed by atoms with E-state index < -0.39 is 5.97 Å². The highest BCUT2D eigenvalue weighted by molar-refractivity contribution is 5.88. The minimum Gasteiger partial charge on any atom is -0.478 e. The largest absolute Gasteiger partial charge is 0.478 e. The van der Waals surface area contributed by atoms with Gasteiger partial charge in [0.25, 0.3) is 0 Å². The normalized spacial score (nSPS) is 10.0. The topological polar surface area (TPSA) is 55.1 Å². The first-order chi connectivity index (χ1) is 6.02. The van der Waals surface area contributed by atoms with E-state index in [0.717, 1.165) is 5.57 Å². The Morgan fingerprint density at radius 2 is 2.38 bits per heavy atom. The van der Waals surface area contributed by atoms with Crippen LogP contribution in [0.2, 0.25) is 0 Å². The highest BCUT2D eigenvalue weighted by atomic mass is 16.4. The number of hydrogen-bond donors (Lipinski definition) is 1. The van der Waals surface area contributed by atoms with E-state index in [9.17, 15) is 4.79 Å². The maximum Gasteiger partial charge on any atom is 0.339 e. The van der Waals surface area contributed by atoms with Gasteiger partial charge < -0.3 is 5.11 Å². The Morgan fingerprint density at radius 3 is 2.77 bits per heavy atom. The third-order valence-electron chi connectivity index (χ3n) is 1.75. The quantitative estimate of drug-likeness (QED) is 0.716. The van der Waals surface area contributed by atoms with Gasteiger partial charge in [0.05, 0.1) is 18.4 Å². The summed E-state index contributed by atoms with van der Waals surface area (Å²) < 4.78 is 1.63. The van der Waals surface area contributed by atoms with Gasteiger partial charge in [-0.05, 0) is 13.8 Å². The van der Waals surface area contributed by atoms with Gasteiger partial charge in [-0.15, -0.1) is 0 Å². The molecular formula is C9H12N2O2. The number of aromatic carboxylic acids is 1. The molecule has 0 fully saturated rings. The number of carboxylic acid groups (broad SMARTS) is 1. The van der Waals surface area contributed by atoms with Crippen LogP contribution in [-0.4, -0.2) is 20.9 Å². The third kappa shape index (κ3) is 1.96. The second-order valence-corrected chi connectivity index (χ2v) is 3.06. The molecule has 1 aromatic rings. The van der Waals surface area contributed by atoms with Crippen molar-refractivity contribution in [3.63, 3.8) is 0 Å². The van der Waals surface area contributed by atoms with Gasteiger partial charge in [-0.1, -0.05) is 12.2 Å². The van der Waals surface area contributed by atoms with Crippen LogP contribution in [0.1, 0.15) is 23.0 Å². The van der Waals surface area contributed by atoms with Gasteiger partial charge in [0.1, 0.15) is 5.56 Å². The van der Waals surface area contributed by atoms with Crippen molar-refractivity contribution in [2.45, 2.75) is 20.4 Å². The summed E-state index contributed by atoms with van der Waals surface area (Å²) in [7, 11) is 0. The van der Waals surface area contributed by atoms with E-state index in [0.29, 0.717) is 12.2 Å². The Kier molecular flexibility index (Phi) is 2.51. The van der Waals surface area contributed by atoms with Gasteiger partial charge in [0.15, 0.2) is 0 Å². The van der Waals surface area contributed by atoms with Crippen LogP contribution in [0.3, 0.4) is 0 Å². The molecule has 1 heterocycles. The Morgan fingerprint density at radius 1 is 1.77 bits per heavy atom. The predicted octanol–water partition coefficient (Wildman–Crippen LogP) is 1.47. The van der Waals surface area contributed by atoms with Gasteiger partial charge >= 0.3 is 5.97 Å². The first-order valence-electron chi connectivity index (χ1n) is 3.92. The highest BCUT2D eigenvalue weighted by Gasteiger charge is 2.11. The maximum absolute atomic E-state index is 10.6. The van der Waals surface area contributed by atoms with E-state index >= 15 is 0 Å². The monoisotopic (exact) mass is 180 g/mol. The molecule has 0 saturated heterocycles. The van der Waals surface area contributed by atoms with Crippen LogP contribution in [0.4, 0.5) is 0 Å². The molecule has 0 amide bonds. The van der Waals surface area contributed by atoms with Gasteiger partial charge in [-0.25, -0.2) is 4.79 Å². The molecule has 0 aliphatic carbocycles. The summed E-state index contributed by atoms with van der Waals surface area (Å²) in [5.41, 5.74) is 1.86. The number of allylic oxidation sites excluding steroid dienone is 1. The van der Waals surface area contributed by atoms with E-state index in [1.165, 1.54) is 6.20 Å². The van der Waals surface area contributed by atoms with Crippen LogP contribution in [-0.2, 0) is 6.54 Å². The van der Waals surface area contributed by atoms with E-state index in [4.69, 9.17) is 5.11 Å². The molecule has 1 rings (SSSR count). The van der Waals surface area contributed by atoms with Crippen molar-refractivity contribution in [2.24, 2.45) is 0 Å². The Balaban J connectivity index is 2.99. The summed E-state index contributed by atoms with van der Waals surface area (Å²) in [4.78, 5) is 10.6. The minimum absolute atomic E-state index is 0.251. The summed E-state index contributed by atoms with van der Waals surface area (Å²) in [5, 5.41) is 12.7. The lowest BCUT2D eigenvalue weighted by Crippen LogP contribution is -2.05. The molecule has 0 atom stereocenters. The van der Waals surface area contributed by atoms with Gasteiger partial charge in [-0.2, -0.15) is 5.10 Å². The lowest BCUT2D eigenvalue weighted by molar-refractivity contribution is 0.0696. The van der Waals surface area contributed by atoms with Crippen molar-refractivity contribution in [1.82, 2.24) is 9.78 Å². The lowest BCUT2D eigenvalue weighted by atomic mass is 10.2. The summed E-state index contributed by atoms with van der Waals surface area (Å²) >= 11 is 0. The number of rotatable bonds is 3. The first-order valence-corrected chi connectivity index (χ1v) is 3.92. The standard InChI is InChI=1S/C9H12N2O2/c1-6(2)5-11-7(3)8(4-10-11)9(12)13/h4H,1,5H2,2-3H3,(H,12,13). The van der Waals surface area contributed by atoms with Crippen LogP contribution in [0, 0.1) is 6.92 Å². The molecule has 1 aromatic heterocycles. The SMILES string of the molecule is C=C(C)Cn1ncc(C(=O)O)c1C. The molecule has 4 heteroatoms. The van der Waals surface area contributed by atoms with Gasteiger partial charge in [0.2, 0.25) is 0 Å². The number of nitrogens with zero attached hydrogens (tertiary/aromatic N) is 2. The smallest absolute Gasteiger partial charge is 0.339 e. The average molecular weight is 180 g/mol. The second kappa shape index (κ2) is 3.43. The van der Waals surface area contributed by atoms with Crippen LogP contribution in [0.25, 0.3) is 0 Å². The van der Waals surface area contributed by atoms with E-state index in [1.54, 1.807) is 11.6 Å². The molecule has 0 radical (unpaired) electrons. The summed E-state index contributed by atoms with van der Waals surface area (Å²) in [6, 6.07) is 0. The summed E-state index contributed by atoms with van der Waals surface area (Å²) in [5.74, 6) is -0.939. The molecule has 1 N–H and O–H groups in total. The summed E-state index contributed by atoms with van der Waals surface area (Å²) in [6.07, 6.45) is 1.36. The molecule has 0 spiro atoms. The van der Waals surface area contributed by atoms with Gasteiger partial charge in [-0.3, -0.25) is 4.68 Å². The Labute approximate surface area is 76.5 Å². The molecule has 0 aliphatic heterocycles. The molecule has 70 valence electrons. The zero-order chi connectivity index (χ0) is 10.0. The van der Waals surface area contributed by atoms with Crippen molar-refractivity contribution in [3.8, 4) is 0 Å². The number of carboxylic acids is 1. The Bertz CT molecular complexity index is 352. The van der Waals surface area contributed by atoms with Crippen molar-refractivity contribution in [1.29, 1.82) is 0 Å². The third-order valence-corrected chi connectivity index (χ3v) is 1.75. The fourth-order valence-corrected chi connectivity index (χ4v) is 1.07. The predicted molar refractivity (Wildman–Crippen MR) is 48.7 cm³/mol. The minimum atomic E-state index is -0.939. The average Bonchev–Trinajstić information content (AvgIpc) is 2.32. The molecule has 0 saturated carbocycles. The first kappa shape index (κ1) is 9.51. The fourth-order valence-electron chi connectivity index (χ4n) is 1.07. The van der Waals surface area contributed by atoms with Crippen LogP contribution in [0.5, 0.6) is 0 Å². The number of hydrogen-bond acceptors (Lipinski definition) is 2. The van der Waals surface area contributed by atoms with E-state index in [-0.39, 0.29) is 5.56 Å². The van der Waals surface area contributed by atoms with Crippen LogP contribution in [0.15, 0.2) is 18.3 Å². The van der Waals surface area contributed by atoms with E-state index in [2.05, 4.69) is 11.7 Å². The maximum atomic E-state index is 10.6. The Hall–Kier alpha value is -1.58. The zero-order valence-electron chi connectivity index (χ0n) is 7.74. The summed E-state index contributed by atoms with van der Waals surface area (Å²) in [6.45, 7) is 7.92. The zero-order valence-corrected chi connectivity index (χ0v) is 7.74. The molecule has 13 heavy (non-hydrogen) atoms. The molecule has 0 aliphatic rings. The van der Waals surface area contributed by atoms with Crippen LogP contribution >= 0.6 is 0 Å². The molecule has 0 aromatic carbocycles. The van der Waals surface area contributed by atoms with Crippen LogP contribution < -0.4 is 0 Å². The highest BCUT2D eigenvalue weighted by Crippen LogP contribution is 2.08. The molecule has 0 bridgehead atoms. The number of aromatic nitrogens is 2. The van der Waals surface area contributed by atoms with Crippen molar-refractivity contribution in [3.05, 3.63) is 29.6 Å². The second-order valence-electron chi connectivity index (χ2n) is 3.06. The van der Waals surface area contributed by atoms with Crippen molar-refractivity contribution in [2.75, 3.05) is 0 Å². The number of carbonyl (C=O) groups is 1. The molecule has 4 nitrogen and oxygen atoms in total. The lowest BCUT2D eigenvalue weighted by Gasteiger charge is -2.02. The van der Waals surface area contributed by atoms with Crippen molar-refractivity contribution >= 4 is 5.97 Å². The molecule has 0 unspecified atom stereocenters. The molecular weight excluding hydrogens is 168 g/mol. The van der Waals surface area contributed by atoms with Crippen molar-refractivity contribution < 1.29 is 9.90 Å². The van der Waals surface area contributed by atoms with E-state index in [1.807, 2.05) is 6.92 Å².